The van der Waals surface area contributed by atoms with Gasteiger partial charge >= 0.3 is 5.97 Å². The van der Waals surface area contributed by atoms with E-state index in [1.54, 1.807) is 6.92 Å². The molecule has 0 rings (SSSR count). The quantitative estimate of drug-likeness (QED) is 0.653. The molecule has 0 aromatic heterocycles. The zero-order valence-corrected chi connectivity index (χ0v) is 10.9. The van der Waals surface area contributed by atoms with Gasteiger partial charge in [0, 0.05) is 19.6 Å². The second-order valence-corrected chi connectivity index (χ2v) is 4.42. The van der Waals surface area contributed by atoms with Gasteiger partial charge in [-0.2, -0.15) is 0 Å². The van der Waals surface area contributed by atoms with Crippen LogP contribution in [0.25, 0.3) is 0 Å². The van der Waals surface area contributed by atoms with Gasteiger partial charge in [0.15, 0.2) is 6.29 Å². The molecule has 1 N–H and O–H groups in total. The van der Waals surface area contributed by atoms with Crippen molar-refractivity contribution in [3.63, 3.8) is 0 Å². The molecule has 0 amide bonds. The van der Waals surface area contributed by atoms with E-state index < -0.39 is 17.7 Å². The molecule has 96 valence electrons. The van der Waals surface area contributed by atoms with Crippen LogP contribution in [0.1, 0.15) is 41.0 Å². The molecule has 0 aliphatic rings. The molecule has 0 saturated heterocycles. The molecule has 4 heteroatoms. The van der Waals surface area contributed by atoms with Crippen LogP contribution in [0.4, 0.5) is 0 Å². The first-order valence-electron chi connectivity index (χ1n) is 5.85. The van der Waals surface area contributed by atoms with Crippen LogP contribution in [0.3, 0.4) is 0 Å². The Morgan fingerprint density at radius 1 is 1.25 bits per heavy atom. The highest BCUT2D eigenvalue weighted by atomic mass is 16.7. The maximum atomic E-state index is 11.3. The molecule has 0 aliphatic carbocycles. The van der Waals surface area contributed by atoms with Crippen molar-refractivity contribution in [3.05, 3.63) is 0 Å². The minimum absolute atomic E-state index is 0.0356. The number of carboxylic acids is 1. The fraction of sp³-hybridized carbons (Fsp3) is 0.917. The lowest BCUT2D eigenvalue weighted by Gasteiger charge is -2.32. The van der Waals surface area contributed by atoms with Crippen molar-refractivity contribution >= 4 is 5.97 Å². The van der Waals surface area contributed by atoms with E-state index in [4.69, 9.17) is 9.47 Å². The topological polar surface area (TPSA) is 55.8 Å². The van der Waals surface area contributed by atoms with Crippen LogP contribution in [-0.4, -0.2) is 30.6 Å². The van der Waals surface area contributed by atoms with Gasteiger partial charge in [-0.15, -0.1) is 0 Å². The molecule has 16 heavy (non-hydrogen) atoms. The van der Waals surface area contributed by atoms with Gasteiger partial charge in [-0.05, 0) is 26.7 Å². The van der Waals surface area contributed by atoms with Gasteiger partial charge in [0.2, 0.25) is 0 Å². The Morgan fingerprint density at radius 3 is 1.94 bits per heavy atom. The first-order chi connectivity index (χ1) is 7.38. The summed E-state index contributed by atoms with van der Waals surface area (Å²) in [7, 11) is 0. The van der Waals surface area contributed by atoms with Crippen molar-refractivity contribution in [1.82, 2.24) is 0 Å². The van der Waals surface area contributed by atoms with Crippen molar-refractivity contribution in [2.24, 2.45) is 11.3 Å². The number of aliphatic carboxylic acids is 1. The van der Waals surface area contributed by atoms with E-state index in [-0.39, 0.29) is 5.92 Å². The lowest BCUT2D eigenvalue weighted by molar-refractivity contribution is -0.176. The van der Waals surface area contributed by atoms with Gasteiger partial charge in [-0.1, -0.05) is 13.8 Å². The molecular weight excluding hydrogens is 208 g/mol. The van der Waals surface area contributed by atoms with E-state index in [2.05, 4.69) is 0 Å². The van der Waals surface area contributed by atoms with Gasteiger partial charge in [0.25, 0.3) is 0 Å². The maximum Gasteiger partial charge on any atom is 0.309 e. The highest BCUT2D eigenvalue weighted by molar-refractivity contribution is 5.74. The molecular formula is C12H24O4. The van der Waals surface area contributed by atoms with Crippen molar-refractivity contribution < 1.29 is 19.4 Å². The van der Waals surface area contributed by atoms with Gasteiger partial charge in [-0.3, -0.25) is 4.79 Å². The largest absolute Gasteiger partial charge is 0.481 e. The van der Waals surface area contributed by atoms with Crippen LogP contribution in [0.15, 0.2) is 0 Å². The first kappa shape index (κ1) is 15.4. The molecule has 0 aromatic rings. The van der Waals surface area contributed by atoms with E-state index in [1.807, 2.05) is 27.7 Å². The summed E-state index contributed by atoms with van der Waals surface area (Å²) < 4.78 is 10.8. The lowest BCUT2D eigenvalue weighted by atomic mass is 9.76. The van der Waals surface area contributed by atoms with Crippen molar-refractivity contribution in [3.8, 4) is 0 Å². The predicted molar refractivity (Wildman–Crippen MR) is 62.2 cm³/mol. The maximum absolute atomic E-state index is 11.3. The molecule has 1 atom stereocenters. The Balaban J connectivity index is 4.63. The standard InChI is InChI=1S/C12H24O4/c1-6-15-10(16-7-2)8-12(5,9(3)4)11(13)14/h9-10H,6-8H2,1-5H3,(H,13,14). The molecule has 0 spiro atoms. The summed E-state index contributed by atoms with van der Waals surface area (Å²) in [6, 6.07) is 0. The predicted octanol–water partition coefficient (Wildman–Crippen LogP) is 2.52. The van der Waals surface area contributed by atoms with Gasteiger partial charge in [0.1, 0.15) is 0 Å². The molecule has 0 bridgehead atoms. The average molecular weight is 232 g/mol. The third-order valence-electron chi connectivity index (χ3n) is 3.06. The normalized spacial score (nSPS) is 15.4. The Hall–Kier alpha value is -0.610. The van der Waals surface area contributed by atoms with Crippen LogP contribution >= 0.6 is 0 Å². The second-order valence-electron chi connectivity index (χ2n) is 4.42. The summed E-state index contributed by atoms with van der Waals surface area (Å²) in [5.41, 5.74) is -0.811. The molecule has 0 aromatic carbocycles. The molecule has 0 saturated carbocycles. The summed E-state index contributed by atoms with van der Waals surface area (Å²) in [5, 5.41) is 9.28. The Kier molecular flexibility index (Phi) is 6.60. The number of carbonyl (C=O) groups is 1. The zero-order valence-electron chi connectivity index (χ0n) is 10.9. The van der Waals surface area contributed by atoms with Crippen molar-refractivity contribution in [2.45, 2.75) is 47.3 Å². The smallest absolute Gasteiger partial charge is 0.309 e. The molecule has 4 nitrogen and oxygen atoms in total. The number of hydrogen-bond acceptors (Lipinski definition) is 3. The monoisotopic (exact) mass is 232 g/mol. The van der Waals surface area contributed by atoms with E-state index in [9.17, 15) is 9.90 Å². The lowest BCUT2D eigenvalue weighted by Crippen LogP contribution is -2.38. The third kappa shape index (κ3) is 4.10. The first-order valence-corrected chi connectivity index (χ1v) is 5.85. The average Bonchev–Trinajstić information content (AvgIpc) is 2.17. The summed E-state index contributed by atoms with van der Waals surface area (Å²) in [6.45, 7) is 10.4. The van der Waals surface area contributed by atoms with Crippen LogP contribution in [0, 0.1) is 11.3 Å². The highest BCUT2D eigenvalue weighted by Crippen LogP contribution is 2.33. The summed E-state index contributed by atoms with van der Waals surface area (Å²) in [5.74, 6) is -0.764. The minimum Gasteiger partial charge on any atom is -0.481 e. The minimum atomic E-state index is -0.811. The van der Waals surface area contributed by atoms with Gasteiger partial charge < -0.3 is 14.6 Å². The number of hydrogen-bond donors (Lipinski definition) is 1. The molecule has 0 heterocycles. The fourth-order valence-corrected chi connectivity index (χ4v) is 1.45. The third-order valence-corrected chi connectivity index (χ3v) is 3.06. The van der Waals surface area contributed by atoms with Gasteiger partial charge in [0.05, 0.1) is 5.41 Å². The van der Waals surface area contributed by atoms with E-state index in [0.29, 0.717) is 19.6 Å². The van der Waals surface area contributed by atoms with E-state index in [0.717, 1.165) is 0 Å². The molecule has 1 unspecified atom stereocenters. The Morgan fingerprint density at radius 2 is 1.69 bits per heavy atom. The van der Waals surface area contributed by atoms with Crippen LogP contribution in [0.2, 0.25) is 0 Å². The number of carboxylic acid groups (broad SMARTS) is 1. The summed E-state index contributed by atoms with van der Waals surface area (Å²) in [4.78, 5) is 11.3. The van der Waals surface area contributed by atoms with E-state index >= 15 is 0 Å². The SMILES string of the molecule is CCOC(CC(C)(C(=O)O)C(C)C)OCC. The van der Waals surface area contributed by atoms with Crippen LogP contribution < -0.4 is 0 Å². The second kappa shape index (κ2) is 6.86. The van der Waals surface area contributed by atoms with Crippen LogP contribution in [0.5, 0.6) is 0 Å². The number of rotatable bonds is 8. The summed E-state index contributed by atoms with van der Waals surface area (Å²) >= 11 is 0. The Labute approximate surface area is 97.9 Å². The van der Waals surface area contributed by atoms with Crippen molar-refractivity contribution in [1.29, 1.82) is 0 Å². The van der Waals surface area contributed by atoms with Crippen LogP contribution in [-0.2, 0) is 14.3 Å². The van der Waals surface area contributed by atoms with E-state index in [1.165, 1.54) is 0 Å². The van der Waals surface area contributed by atoms with Gasteiger partial charge in [-0.25, -0.2) is 0 Å². The fourth-order valence-electron chi connectivity index (χ4n) is 1.45. The highest BCUT2D eigenvalue weighted by Gasteiger charge is 2.39. The Bertz CT molecular complexity index is 209. The molecule has 0 aliphatic heterocycles. The zero-order chi connectivity index (χ0) is 12.8. The summed E-state index contributed by atoms with van der Waals surface area (Å²) in [6.07, 6.45) is -0.0553. The molecule has 0 radical (unpaired) electrons. The number of ether oxygens (including phenoxy) is 2. The van der Waals surface area contributed by atoms with Crippen molar-refractivity contribution in [2.75, 3.05) is 13.2 Å². The molecule has 0 fully saturated rings.